The van der Waals surface area contributed by atoms with Gasteiger partial charge in [0.15, 0.2) is 11.4 Å². The quantitative estimate of drug-likeness (QED) is 0.346. The molecule has 2 saturated heterocycles. The summed E-state index contributed by atoms with van der Waals surface area (Å²) in [6.45, 7) is 3.34. The van der Waals surface area contributed by atoms with E-state index in [2.05, 4.69) is 21.1 Å². The van der Waals surface area contributed by atoms with Crippen LogP contribution in [0.15, 0.2) is 34.5 Å². The number of hydrazone groups is 2. The van der Waals surface area contributed by atoms with Gasteiger partial charge >= 0.3 is 11.9 Å². The Balaban J connectivity index is 1.42. The van der Waals surface area contributed by atoms with Crippen molar-refractivity contribution >= 4 is 58.4 Å². The molecule has 1 aromatic rings. The molecule has 0 spiro atoms. The summed E-state index contributed by atoms with van der Waals surface area (Å²) in [5, 5.41) is 7.61. The number of anilines is 2. The molecule has 4 aliphatic rings. The number of hydrogen-bond donors (Lipinski definition) is 2. The predicted octanol–water partition coefficient (Wildman–Crippen LogP) is -1.55. The summed E-state index contributed by atoms with van der Waals surface area (Å²) >= 11 is 0. The van der Waals surface area contributed by atoms with Gasteiger partial charge in [-0.25, -0.2) is 19.4 Å². The Labute approximate surface area is 203 Å². The van der Waals surface area contributed by atoms with Crippen molar-refractivity contribution in [2.75, 3.05) is 23.0 Å². The second-order valence-corrected chi connectivity index (χ2v) is 8.15. The van der Waals surface area contributed by atoms with Gasteiger partial charge < -0.3 is 9.47 Å². The van der Waals surface area contributed by atoms with Crippen LogP contribution >= 0.6 is 0 Å². The van der Waals surface area contributed by atoms with Crippen LogP contribution in [0.25, 0.3) is 0 Å². The zero-order valence-electron chi connectivity index (χ0n) is 19.1. The fraction of sp³-hybridized carbons (Fsp3) is 0.364. The van der Waals surface area contributed by atoms with E-state index < -0.39 is 59.5 Å². The van der Waals surface area contributed by atoms with Gasteiger partial charge in [-0.3, -0.25) is 30.0 Å². The minimum absolute atomic E-state index is 0.0699. The Morgan fingerprint density at radius 3 is 1.58 bits per heavy atom. The van der Waals surface area contributed by atoms with E-state index in [1.54, 1.807) is 13.8 Å². The van der Waals surface area contributed by atoms with Gasteiger partial charge in [-0.15, -0.1) is 0 Å². The molecule has 4 unspecified atom stereocenters. The molecule has 4 atom stereocenters. The van der Waals surface area contributed by atoms with E-state index in [-0.39, 0.29) is 36.0 Å². The predicted molar refractivity (Wildman–Crippen MR) is 120 cm³/mol. The maximum atomic E-state index is 13.2. The molecular formula is C22H20N6O8. The lowest BCUT2D eigenvalue weighted by Crippen LogP contribution is -2.37. The fourth-order valence-electron chi connectivity index (χ4n) is 4.61. The first-order valence-corrected chi connectivity index (χ1v) is 11.2. The van der Waals surface area contributed by atoms with Crippen LogP contribution < -0.4 is 20.7 Å². The number of amides is 4. The van der Waals surface area contributed by atoms with Crippen LogP contribution in [0, 0.1) is 11.8 Å². The third-order valence-corrected chi connectivity index (χ3v) is 6.17. The van der Waals surface area contributed by atoms with Crippen LogP contribution in [0.2, 0.25) is 0 Å². The molecule has 14 nitrogen and oxygen atoms in total. The summed E-state index contributed by atoms with van der Waals surface area (Å²) in [6.07, 6.45) is 0. The largest absolute Gasteiger partial charge is 0.461 e. The monoisotopic (exact) mass is 496 g/mol. The van der Waals surface area contributed by atoms with Crippen LogP contribution in [0.5, 0.6) is 0 Å². The summed E-state index contributed by atoms with van der Waals surface area (Å²) in [5.41, 5.74) is 4.81. The molecule has 2 fully saturated rings. The number of benzene rings is 1. The molecule has 0 radical (unpaired) electrons. The normalized spacial score (nSPS) is 26.3. The minimum atomic E-state index is -1.16. The van der Waals surface area contributed by atoms with Crippen molar-refractivity contribution in [2.45, 2.75) is 25.9 Å². The average Bonchev–Trinajstić information content (AvgIpc) is 3.59. The summed E-state index contributed by atoms with van der Waals surface area (Å²) in [4.78, 5) is 78.5. The summed E-state index contributed by atoms with van der Waals surface area (Å²) in [5.74, 6) is -6.65. The average molecular weight is 496 g/mol. The standard InChI is InChI=1S/C22H20N6O8/c1-3-35-21(33)15-11-13(23-25-15)19(31)27(17(11)29)9-6-5-7-10(8-9)28-18(30)12-14(20(28)32)24-26-16(12)22(34)36-4-2/h5-8,11-14,23-24H,3-4H2,1-2H3. The molecule has 4 amide bonds. The van der Waals surface area contributed by atoms with Crippen LogP contribution in [-0.4, -0.2) is 72.3 Å². The molecule has 14 heteroatoms. The van der Waals surface area contributed by atoms with Gasteiger partial charge in [0.05, 0.1) is 24.6 Å². The second kappa shape index (κ2) is 8.55. The van der Waals surface area contributed by atoms with Crippen LogP contribution in [-0.2, 0) is 38.2 Å². The number of carbonyl (C=O) groups is 6. The highest BCUT2D eigenvalue weighted by molar-refractivity contribution is 6.47. The van der Waals surface area contributed by atoms with Crippen molar-refractivity contribution in [1.29, 1.82) is 0 Å². The van der Waals surface area contributed by atoms with E-state index in [0.29, 0.717) is 0 Å². The van der Waals surface area contributed by atoms with E-state index in [1.807, 2.05) is 0 Å². The molecule has 4 heterocycles. The van der Waals surface area contributed by atoms with Crippen molar-refractivity contribution in [3.8, 4) is 0 Å². The van der Waals surface area contributed by atoms with Crippen molar-refractivity contribution in [3.05, 3.63) is 24.3 Å². The lowest BCUT2D eigenvalue weighted by molar-refractivity contribution is -0.136. The number of carbonyl (C=O) groups excluding carboxylic acids is 6. The van der Waals surface area contributed by atoms with Crippen molar-refractivity contribution in [3.63, 3.8) is 0 Å². The summed E-state index contributed by atoms with van der Waals surface area (Å²) in [6, 6.07) is 3.55. The Kier molecular flexibility index (Phi) is 5.50. The number of rotatable bonds is 6. The number of ether oxygens (including phenoxy) is 2. The smallest absolute Gasteiger partial charge is 0.355 e. The van der Waals surface area contributed by atoms with E-state index in [4.69, 9.17) is 9.47 Å². The third kappa shape index (κ3) is 3.25. The first kappa shape index (κ1) is 23.1. The molecule has 0 bridgehead atoms. The Hall–Kier alpha value is -4.62. The number of hydrogen-bond acceptors (Lipinski definition) is 12. The molecule has 36 heavy (non-hydrogen) atoms. The minimum Gasteiger partial charge on any atom is -0.461 e. The number of nitrogens with one attached hydrogen (secondary N) is 2. The molecule has 186 valence electrons. The number of esters is 2. The van der Waals surface area contributed by atoms with E-state index >= 15 is 0 Å². The second-order valence-electron chi connectivity index (χ2n) is 8.15. The maximum Gasteiger partial charge on any atom is 0.355 e. The molecular weight excluding hydrogens is 476 g/mol. The number of fused-ring (bicyclic) bond motifs is 2. The van der Waals surface area contributed by atoms with Crippen LogP contribution in [0.3, 0.4) is 0 Å². The highest BCUT2D eigenvalue weighted by Gasteiger charge is 2.57. The topological polar surface area (TPSA) is 176 Å². The highest BCUT2D eigenvalue weighted by Crippen LogP contribution is 2.35. The fourth-order valence-corrected chi connectivity index (χ4v) is 4.61. The van der Waals surface area contributed by atoms with E-state index in [9.17, 15) is 28.8 Å². The van der Waals surface area contributed by atoms with Gasteiger partial charge in [-0.1, -0.05) is 6.07 Å². The van der Waals surface area contributed by atoms with Gasteiger partial charge in [0.1, 0.15) is 23.9 Å². The zero-order chi connectivity index (χ0) is 25.7. The van der Waals surface area contributed by atoms with Crippen LogP contribution in [0.4, 0.5) is 11.4 Å². The van der Waals surface area contributed by atoms with E-state index in [0.717, 1.165) is 9.80 Å². The Morgan fingerprint density at radius 2 is 1.19 bits per heavy atom. The third-order valence-electron chi connectivity index (χ3n) is 6.17. The van der Waals surface area contributed by atoms with Crippen molar-refractivity contribution in [1.82, 2.24) is 10.9 Å². The number of imide groups is 2. The molecule has 2 N–H and O–H groups in total. The summed E-state index contributed by atoms with van der Waals surface area (Å²) in [7, 11) is 0. The molecule has 4 aliphatic heterocycles. The van der Waals surface area contributed by atoms with Crippen molar-refractivity contribution < 1.29 is 38.2 Å². The Morgan fingerprint density at radius 1 is 0.778 bits per heavy atom. The first-order chi connectivity index (χ1) is 17.3. The Bertz CT molecular complexity index is 1200. The van der Waals surface area contributed by atoms with Gasteiger partial charge in [0.2, 0.25) is 11.8 Å². The van der Waals surface area contributed by atoms with Gasteiger partial charge in [-0.2, -0.15) is 10.2 Å². The molecule has 0 aromatic heterocycles. The number of nitrogens with zero attached hydrogens (tertiary/aromatic N) is 4. The first-order valence-electron chi connectivity index (χ1n) is 11.2. The molecule has 1 aromatic carbocycles. The van der Waals surface area contributed by atoms with Gasteiger partial charge in [0.25, 0.3) is 11.8 Å². The SMILES string of the molecule is CCOC(=O)C1=NNC2C(=O)N(c3cccc(N4C(=O)C5NN=C(C(=O)OCC)C5C4=O)c3)C(=O)C12. The molecule has 0 saturated carbocycles. The van der Waals surface area contributed by atoms with Crippen molar-refractivity contribution in [2.24, 2.45) is 22.0 Å². The van der Waals surface area contributed by atoms with Gasteiger partial charge in [-0.05, 0) is 32.0 Å². The van der Waals surface area contributed by atoms with Gasteiger partial charge in [0, 0.05) is 0 Å². The molecule has 0 aliphatic carbocycles. The lowest BCUT2D eigenvalue weighted by Gasteiger charge is -2.20. The maximum absolute atomic E-state index is 13.2. The molecule has 5 rings (SSSR count). The van der Waals surface area contributed by atoms with Crippen LogP contribution in [0.1, 0.15) is 13.8 Å². The van der Waals surface area contributed by atoms with E-state index in [1.165, 1.54) is 24.3 Å². The highest BCUT2D eigenvalue weighted by atomic mass is 16.5. The lowest BCUT2D eigenvalue weighted by atomic mass is 9.99. The summed E-state index contributed by atoms with van der Waals surface area (Å²) < 4.78 is 9.85. The zero-order valence-corrected chi connectivity index (χ0v) is 19.1.